The Kier molecular flexibility index (Phi) is 3.40. The molecular weight excluding hydrogens is 126 g/mol. The van der Waals surface area contributed by atoms with Crippen molar-refractivity contribution in [3.05, 3.63) is 0 Å². The van der Waals surface area contributed by atoms with Crippen molar-refractivity contribution < 1.29 is 4.84 Å². The van der Waals surface area contributed by atoms with Gasteiger partial charge in [-0.05, 0) is 34.1 Å². The molecule has 0 bridgehead atoms. The summed E-state index contributed by atoms with van der Waals surface area (Å²) < 4.78 is 0. The SMILES string of the molecule is CC/C(C)=N/OC(C)(C)C. The van der Waals surface area contributed by atoms with Crippen LogP contribution in [0.5, 0.6) is 0 Å². The second-order valence-electron chi connectivity index (χ2n) is 3.38. The molecule has 0 N–H and O–H groups in total. The molecule has 2 heteroatoms. The predicted octanol–water partition coefficient (Wildman–Crippen LogP) is 2.59. The molecular formula is C8H17NO. The molecule has 0 fully saturated rings. The van der Waals surface area contributed by atoms with E-state index in [0.717, 1.165) is 12.1 Å². The van der Waals surface area contributed by atoms with Gasteiger partial charge >= 0.3 is 0 Å². The van der Waals surface area contributed by atoms with Gasteiger partial charge in [-0.2, -0.15) is 0 Å². The first-order chi connectivity index (χ1) is 4.45. The van der Waals surface area contributed by atoms with Crippen LogP contribution in [-0.4, -0.2) is 11.3 Å². The van der Waals surface area contributed by atoms with E-state index in [1.54, 1.807) is 0 Å². The fourth-order valence-electron chi connectivity index (χ4n) is 0.279. The highest BCUT2D eigenvalue weighted by Crippen LogP contribution is 2.07. The van der Waals surface area contributed by atoms with Gasteiger partial charge in [0.25, 0.3) is 0 Å². The first-order valence-corrected chi connectivity index (χ1v) is 3.67. The number of oxime groups is 1. The van der Waals surface area contributed by atoms with E-state index in [-0.39, 0.29) is 5.60 Å². The van der Waals surface area contributed by atoms with Gasteiger partial charge in [-0.15, -0.1) is 0 Å². The summed E-state index contributed by atoms with van der Waals surface area (Å²) in [5.74, 6) is 0. The Bertz CT molecular complexity index is 122. The summed E-state index contributed by atoms with van der Waals surface area (Å²) in [5.41, 5.74) is 0.881. The Labute approximate surface area is 63.3 Å². The van der Waals surface area contributed by atoms with Gasteiger partial charge in [0.05, 0.1) is 5.71 Å². The zero-order chi connectivity index (χ0) is 8.20. The van der Waals surface area contributed by atoms with Crippen LogP contribution in [0.2, 0.25) is 0 Å². The molecule has 0 aliphatic carbocycles. The molecule has 0 saturated carbocycles. The summed E-state index contributed by atoms with van der Waals surface area (Å²) in [6.07, 6.45) is 0.954. The van der Waals surface area contributed by atoms with Crippen molar-refractivity contribution >= 4 is 5.71 Å². The quantitative estimate of drug-likeness (QED) is 0.430. The molecule has 0 aromatic rings. The zero-order valence-electron chi connectivity index (χ0n) is 7.56. The standard InChI is InChI=1S/C8H17NO/c1-6-7(2)9-10-8(3,4)5/h6H2,1-5H3/b9-7+. The van der Waals surface area contributed by atoms with Gasteiger partial charge in [0.2, 0.25) is 0 Å². The van der Waals surface area contributed by atoms with Gasteiger partial charge < -0.3 is 4.84 Å². The molecule has 0 aliphatic rings. The summed E-state index contributed by atoms with van der Waals surface area (Å²) in [4.78, 5) is 5.17. The Balaban J connectivity index is 3.73. The van der Waals surface area contributed by atoms with Gasteiger partial charge in [0.15, 0.2) is 0 Å². The van der Waals surface area contributed by atoms with Crippen LogP contribution in [0, 0.1) is 0 Å². The number of hydrogen-bond acceptors (Lipinski definition) is 2. The van der Waals surface area contributed by atoms with Crippen LogP contribution in [0.1, 0.15) is 41.0 Å². The van der Waals surface area contributed by atoms with Crippen molar-refractivity contribution in [2.24, 2.45) is 5.16 Å². The maximum atomic E-state index is 5.17. The topological polar surface area (TPSA) is 21.6 Å². The van der Waals surface area contributed by atoms with Crippen LogP contribution in [0.25, 0.3) is 0 Å². The maximum Gasteiger partial charge on any atom is 0.129 e. The summed E-state index contributed by atoms with van der Waals surface area (Å²) in [6, 6.07) is 0. The maximum absolute atomic E-state index is 5.17. The molecule has 0 atom stereocenters. The summed E-state index contributed by atoms with van der Waals surface area (Å²) in [5, 5.41) is 3.93. The van der Waals surface area contributed by atoms with Gasteiger partial charge in [0.1, 0.15) is 5.60 Å². The lowest BCUT2D eigenvalue weighted by molar-refractivity contribution is 0.000514. The second kappa shape index (κ2) is 3.59. The van der Waals surface area contributed by atoms with Crippen molar-refractivity contribution in [3.8, 4) is 0 Å². The zero-order valence-corrected chi connectivity index (χ0v) is 7.56. The lowest BCUT2D eigenvalue weighted by Crippen LogP contribution is -2.16. The molecule has 0 rings (SSSR count). The smallest absolute Gasteiger partial charge is 0.129 e. The lowest BCUT2D eigenvalue weighted by Gasteiger charge is -2.15. The van der Waals surface area contributed by atoms with Crippen LogP contribution in [0.15, 0.2) is 5.16 Å². The molecule has 0 aromatic carbocycles. The molecule has 0 amide bonds. The number of nitrogens with zero attached hydrogens (tertiary/aromatic N) is 1. The van der Waals surface area contributed by atoms with Crippen molar-refractivity contribution in [2.45, 2.75) is 46.6 Å². The average Bonchev–Trinajstić information content (AvgIpc) is 1.81. The van der Waals surface area contributed by atoms with Crippen molar-refractivity contribution in [1.29, 1.82) is 0 Å². The first kappa shape index (κ1) is 9.47. The normalized spacial score (nSPS) is 13.5. The van der Waals surface area contributed by atoms with Crippen LogP contribution in [0.4, 0.5) is 0 Å². The van der Waals surface area contributed by atoms with E-state index in [1.807, 2.05) is 27.7 Å². The Morgan fingerprint density at radius 2 is 1.90 bits per heavy atom. The number of hydrogen-bond donors (Lipinski definition) is 0. The Hall–Kier alpha value is -0.530. The Morgan fingerprint density at radius 3 is 2.20 bits per heavy atom. The molecule has 0 unspecified atom stereocenters. The Morgan fingerprint density at radius 1 is 1.40 bits per heavy atom. The van der Waals surface area contributed by atoms with E-state index in [4.69, 9.17) is 4.84 Å². The molecule has 0 heterocycles. The third-order valence-corrected chi connectivity index (χ3v) is 0.987. The van der Waals surface area contributed by atoms with E-state index < -0.39 is 0 Å². The fourth-order valence-corrected chi connectivity index (χ4v) is 0.279. The van der Waals surface area contributed by atoms with E-state index in [1.165, 1.54) is 0 Å². The van der Waals surface area contributed by atoms with E-state index >= 15 is 0 Å². The minimum atomic E-state index is -0.156. The molecule has 0 spiro atoms. The van der Waals surface area contributed by atoms with E-state index in [9.17, 15) is 0 Å². The van der Waals surface area contributed by atoms with Crippen molar-refractivity contribution in [2.75, 3.05) is 0 Å². The minimum absolute atomic E-state index is 0.156. The molecule has 0 saturated heterocycles. The highest BCUT2D eigenvalue weighted by molar-refractivity contribution is 5.80. The van der Waals surface area contributed by atoms with Crippen LogP contribution in [0.3, 0.4) is 0 Å². The monoisotopic (exact) mass is 143 g/mol. The van der Waals surface area contributed by atoms with Crippen molar-refractivity contribution in [3.63, 3.8) is 0 Å². The minimum Gasteiger partial charge on any atom is -0.390 e. The fraction of sp³-hybridized carbons (Fsp3) is 0.875. The number of rotatable bonds is 2. The molecule has 60 valence electrons. The predicted molar refractivity (Wildman–Crippen MR) is 44.2 cm³/mol. The van der Waals surface area contributed by atoms with Gasteiger partial charge in [-0.25, -0.2) is 0 Å². The van der Waals surface area contributed by atoms with Crippen LogP contribution >= 0.6 is 0 Å². The van der Waals surface area contributed by atoms with Gasteiger partial charge in [-0.3, -0.25) is 0 Å². The largest absolute Gasteiger partial charge is 0.390 e. The molecule has 0 radical (unpaired) electrons. The van der Waals surface area contributed by atoms with Gasteiger partial charge in [-0.1, -0.05) is 12.1 Å². The third kappa shape index (κ3) is 5.60. The molecule has 0 aromatic heterocycles. The lowest BCUT2D eigenvalue weighted by atomic mass is 10.2. The van der Waals surface area contributed by atoms with Gasteiger partial charge in [0, 0.05) is 0 Å². The molecule has 2 nitrogen and oxygen atoms in total. The molecule has 10 heavy (non-hydrogen) atoms. The van der Waals surface area contributed by atoms with Crippen LogP contribution < -0.4 is 0 Å². The highest BCUT2D eigenvalue weighted by Gasteiger charge is 2.09. The first-order valence-electron chi connectivity index (χ1n) is 3.67. The second-order valence-corrected chi connectivity index (χ2v) is 3.38. The van der Waals surface area contributed by atoms with Crippen LogP contribution in [-0.2, 0) is 4.84 Å². The van der Waals surface area contributed by atoms with E-state index in [2.05, 4.69) is 12.1 Å². The summed E-state index contributed by atoms with van der Waals surface area (Å²) in [7, 11) is 0. The highest BCUT2D eigenvalue weighted by atomic mass is 16.6. The summed E-state index contributed by atoms with van der Waals surface area (Å²) in [6.45, 7) is 9.98. The summed E-state index contributed by atoms with van der Waals surface area (Å²) >= 11 is 0. The average molecular weight is 143 g/mol. The van der Waals surface area contributed by atoms with E-state index in [0.29, 0.717) is 0 Å². The molecule has 0 aliphatic heterocycles. The van der Waals surface area contributed by atoms with Crippen molar-refractivity contribution in [1.82, 2.24) is 0 Å². The third-order valence-electron chi connectivity index (χ3n) is 0.987.